The Balaban J connectivity index is 1.74. The fraction of sp³-hybridized carbons (Fsp3) is 0.238. The number of aromatic nitrogens is 3. The Morgan fingerprint density at radius 1 is 1.26 bits per heavy atom. The molecule has 1 aliphatic heterocycles. The van der Waals surface area contributed by atoms with Crippen molar-refractivity contribution in [2.75, 3.05) is 24.8 Å². The van der Waals surface area contributed by atoms with Gasteiger partial charge in [0.2, 0.25) is 17.3 Å². The van der Waals surface area contributed by atoms with Crippen LogP contribution in [0.1, 0.15) is 18.7 Å². The number of anilines is 1. The van der Waals surface area contributed by atoms with Crippen molar-refractivity contribution < 1.29 is 19.0 Å². The summed E-state index contributed by atoms with van der Waals surface area (Å²) in [5, 5.41) is 12.4. The number of benzene rings is 2. The lowest BCUT2D eigenvalue weighted by Crippen LogP contribution is -2.20. The Morgan fingerprint density at radius 2 is 2.10 bits per heavy atom. The number of hydrogen-bond donors (Lipinski definition) is 1. The van der Waals surface area contributed by atoms with Crippen molar-refractivity contribution >= 4 is 39.3 Å². The third-order valence-electron chi connectivity index (χ3n) is 4.42. The lowest BCUT2D eigenvalue weighted by Gasteiger charge is -2.21. The lowest BCUT2D eigenvalue weighted by atomic mass is 10.1. The van der Waals surface area contributed by atoms with E-state index < -0.39 is 12.2 Å². The van der Waals surface area contributed by atoms with Crippen molar-refractivity contribution in [3.05, 3.63) is 52.5 Å². The molecule has 0 bridgehead atoms. The summed E-state index contributed by atoms with van der Waals surface area (Å²) in [4.78, 5) is 16.3. The van der Waals surface area contributed by atoms with Crippen LogP contribution in [0, 0.1) is 0 Å². The van der Waals surface area contributed by atoms with Crippen LogP contribution in [-0.2, 0) is 9.53 Å². The van der Waals surface area contributed by atoms with Crippen LogP contribution in [0.4, 0.5) is 5.69 Å². The van der Waals surface area contributed by atoms with Crippen LogP contribution in [0.3, 0.4) is 0 Å². The van der Waals surface area contributed by atoms with E-state index in [4.69, 9.17) is 14.2 Å². The molecule has 1 aliphatic rings. The van der Waals surface area contributed by atoms with Gasteiger partial charge in [0.1, 0.15) is 5.75 Å². The highest BCUT2D eigenvalue weighted by atomic mass is 79.9. The Kier molecular flexibility index (Phi) is 6.57. The van der Waals surface area contributed by atoms with Crippen molar-refractivity contribution in [2.45, 2.75) is 18.3 Å². The van der Waals surface area contributed by atoms with E-state index >= 15 is 0 Å². The molecule has 0 radical (unpaired) electrons. The Bertz CT molecular complexity index is 1110. The van der Waals surface area contributed by atoms with Gasteiger partial charge in [-0.3, -0.25) is 0 Å². The number of rotatable bonds is 6. The average molecular weight is 503 g/mol. The van der Waals surface area contributed by atoms with Crippen LogP contribution < -0.4 is 14.8 Å². The van der Waals surface area contributed by atoms with Crippen molar-refractivity contribution in [3.8, 4) is 22.9 Å². The molecule has 3 aromatic rings. The molecule has 4 rings (SSSR count). The van der Waals surface area contributed by atoms with Gasteiger partial charge in [0.25, 0.3) is 0 Å². The number of esters is 1. The summed E-state index contributed by atoms with van der Waals surface area (Å²) in [6.45, 7) is 1.85. The van der Waals surface area contributed by atoms with Gasteiger partial charge in [-0.05, 0) is 43.5 Å². The topological polar surface area (TPSA) is 95.5 Å². The number of thioether (sulfide) groups is 1. The minimum Gasteiger partial charge on any atom is -0.481 e. The van der Waals surface area contributed by atoms with E-state index in [1.165, 1.54) is 11.8 Å². The SMILES string of the molecule is CCOC(=O)COc1ccccc1[C@@H]1Nc2ccc(Br)cc2-c2nnc(SC)nc2O1. The standard InChI is InChI=1S/C21H19BrN4O4S/c1-3-28-17(27)11-29-16-7-5-4-6-13(16)19-23-15-9-8-12(22)10-14(15)18-20(30-19)24-21(31-2)26-25-18/h4-10,19,23H,3,11H2,1-2H3/t19-/m1/s1. The molecule has 0 saturated carbocycles. The fourth-order valence-corrected chi connectivity index (χ4v) is 3.72. The molecule has 0 fully saturated rings. The van der Waals surface area contributed by atoms with Gasteiger partial charge in [-0.1, -0.05) is 39.8 Å². The van der Waals surface area contributed by atoms with Gasteiger partial charge >= 0.3 is 5.97 Å². The molecule has 8 nitrogen and oxygen atoms in total. The molecule has 0 spiro atoms. The van der Waals surface area contributed by atoms with E-state index in [1.807, 2.05) is 42.7 Å². The molecule has 10 heteroatoms. The highest BCUT2D eigenvalue weighted by Gasteiger charge is 2.28. The summed E-state index contributed by atoms with van der Waals surface area (Å²) in [7, 11) is 0. The normalized spacial score (nSPS) is 14.4. The van der Waals surface area contributed by atoms with Crippen LogP contribution in [0.2, 0.25) is 0 Å². The minimum atomic E-state index is -0.633. The van der Waals surface area contributed by atoms with Gasteiger partial charge in [-0.25, -0.2) is 4.79 Å². The first-order chi connectivity index (χ1) is 15.1. The van der Waals surface area contributed by atoms with Crippen LogP contribution >= 0.6 is 27.7 Å². The molecular weight excluding hydrogens is 484 g/mol. The molecule has 31 heavy (non-hydrogen) atoms. The van der Waals surface area contributed by atoms with Crippen molar-refractivity contribution in [1.29, 1.82) is 0 Å². The molecule has 0 unspecified atom stereocenters. The average Bonchev–Trinajstić information content (AvgIpc) is 2.94. The van der Waals surface area contributed by atoms with E-state index in [2.05, 4.69) is 36.4 Å². The highest BCUT2D eigenvalue weighted by molar-refractivity contribution is 9.10. The Morgan fingerprint density at radius 3 is 2.90 bits per heavy atom. The van der Waals surface area contributed by atoms with E-state index in [0.29, 0.717) is 34.7 Å². The number of halogens is 1. The van der Waals surface area contributed by atoms with E-state index in [9.17, 15) is 4.79 Å². The molecule has 2 heterocycles. The number of carbonyl (C=O) groups is 1. The van der Waals surface area contributed by atoms with Gasteiger partial charge in [0.05, 0.1) is 12.2 Å². The van der Waals surface area contributed by atoms with Crippen LogP contribution in [0.25, 0.3) is 11.3 Å². The largest absolute Gasteiger partial charge is 0.481 e. The van der Waals surface area contributed by atoms with Crippen molar-refractivity contribution in [2.24, 2.45) is 0 Å². The maximum absolute atomic E-state index is 11.8. The summed E-state index contributed by atoms with van der Waals surface area (Å²) >= 11 is 4.89. The molecule has 0 saturated heterocycles. The van der Waals surface area contributed by atoms with Gasteiger partial charge < -0.3 is 19.5 Å². The Hall–Kier alpha value is -2.85. The summed E-state index contributed by atoms with van der Waals surface area (Å²) in [5.74, 6) is 0.422. The molecule has 1 N–H and O–H groups in total. The number of ether oxygens (including phenoxy) is 3. The number of carbonyl (C=O) groups excluding carboxylic acids is 1. The third-order valence-corrected chi connectivity index (χ3v) is 5.45. The third kappa shape index (κ3) is 4.75. The molecule has 160 valence electrons. The predicted molar refractivity (Wildman–Crippen MR) is 120 cm³/mol. The number of nitrogens with one attached hydrogen (secondary N) is 1. The zero-order valence-corrected chi connectivity index (χ0v) is 19.2. The molecule has 1 atom stereocenters. The van der Waals surface area contributed by atoms with Gasteiger partial charge in [-0.2, -0.15) is 4.98 Å². The minimum absolute atomic E-state index is 0.196. The van der Waals surface area contributed by atoms with Crippen molar-refractivity contribution in [3.63, 3.8) is 0 Å². The summed E-state index contributed by atoms with van der Waals surface area (Å²) in [6, 6.07) is 13.1. The quantitative estimate of drug-likeness (QED) is 0.386. The zero-order valence-electron chi connectivity index (χ0n) is 16.8. The van der Waals surface area contributed by atoms with E-state index in [-0.39, 0.29) is 6.61 Å². The monoisotopic (exact) mass is 502 g/mol. The van der Waals surface area contributed by atoms with Gasteiger partial charge in [0, 0.05) is 15.7 Å². The molecule has 2 aromatic carbocycles. The maximum atomic E-state index is 11.8. The fourth-order valence-electron chi connectivity index (χ4n) is 3.07. The number of hydrogen-bond acceptors (Lipinski definition) is 9. The summed E-state index contributed by atoms with van der Waals surface area (Å²) < 4.78 is 17.8. The second-order valence-corrected chi connectivity index (χ2v) is 8.10. The smallest absolute Gasteiger partial charge is 0.344 e. The zero-order chi connectivity index (χ0) is 21.8. The number of fused-ring (bicyclic) bond motifs is 3. The first kappa shape index (κ1) is 21.4. The maximum Gasteiger partial charge on any atom is 0.344 e. The van der Waals surface area contributed by atoms with Gasteiger partial charge in [0.15, 0.2) is 12.3 Å². The number of nitrogens with zero attached hydrogens (tertiary/aromatic N) is 3. The highest BCUT2D eigenvalue weighted by Crippen LogP contribution is 2.42. The second kappa shape index (κ2) is 9.52. The van der Waals surface area contributed by atoms with Crippen LogP contribution in [0.15, 0.2) is 52.1 Å². The first-order valence-electron chi connectivity index (χ1n) is 9.48. The summed E-state index contributed by atoms with van der Waals surface area (Å²) in [6.07, 6.45) is 1.24. The van der Waals surface area contributed by atoms with Crippen LogP contribution in [0.5, 0.6) is 11.6 Å². The molecule has 1 aromatic heterocycles. The Labute approximate surface area is 191 Å². The number of para-hydroxylation sites is 1. The van der Waals surface area contributed by atoms with Crippen LogP contribution in [-0.4, -0.2) is 40.6 Å². The summed E-state index contributed by atoms with van der Waals surface area (Å²) in [5.41, 5.74) is 2.86. The lowest BCUT2D eigenvalue weighted by molar-refractivity contribution is -0.145. The first-order valence-corrected chi connectivity index (χ1v) is 11.5. The van der Waals surface area contributed by atoms with Crippen molar-refractivity contribution in [1.82, 2.24) is 15.2 Å². The van der Waals surface area contributed by atoms with Gasteiger partial charge in [-0.15, -0.1) is 10.2 Å². The predicted octanol–water partition coefficient (Wildman–Crippen LogP) is 4.47. The second-order valence-electron chi connectivity index (χ2n) is 6.42. The molecule has 0 amide bonds. The molecule has 0 aliphatic carbocycles. The van der Waals surface area contributed by atoms with E-state index in [1.54, 1.807) is 13.0 Å². The molecular formula is C21H19BrN4O4S. The van der Waals surface area contributed by atoms with E-state index in [0.717, 1.165) is 15.7 Å².